The SMILES string of the molecule is C=CCC[C@]1(OCc2ccccc2)[C@@H](C=O)O[C@@H]2OC(C)(C)O[C@@H]21. The number of ether oxygens (including phenoxy) is 4. The van der Waals surface area contributed by atoms with Gasteiger partial charge in [-0.1, -0.05) is 36.4 Å². The first-order chi connectivity index (χ1) is 11.5. The van der Waals surface area contributed by atoms with E-state index < -0.39 is 29.9 Å². The summed E-state index contributed by atoms with van der Waals surface area (Å²) in [6.07, 6.45) is 2.08. The van der Waals surface area contributed by atoms with Crippen LogP contribution in [0.3, 0.4) is 0 Å². The monoisotopic (exact) mass is 332 g/mol. The van der Waals surface area contributed by atoms with Gasteiger partial charge in [-0.05, 0) is 32.3 Å². The number of hydrogen-bond acceptors (Lipinski definition) is 5. The first kappa shape index (κ1) is 17.3. The molecular formula is C19H24O5. The standard InChI is InChI=1S/C19H24O5/c1-4-5-11-19(21-13-14-9-7-6-8-10-14)15(12-20)22-17-16(19)23-18(2,3)24-17/h4,6-10,12,15-17H,1,5,11,13H2,2-3H3/t15-,16+,17-,19+/m1/s1. The van der Waals surface area contributed by atoms with Crippen LogP contribution >= 0.6 is 0 Å². The highest BCUT2D eigenvalue weighted by atomic mass is 16.8. The van der Waals surface area contributed by atoms with Gasteiger partial charge in [-0.25, -0.2) is 0 Å². The van der Waals surface area contributed by atoms with Crippen molar-refractivity contribution < 1.29 is 23.7 Å². The number of hydrogen-bond donors (Lipinski definition) is 0. The lowest BCUT2D eigenvalue weighted by atomic mass is 9.87. The van der Waals surface area contributed by atoms with Gasteiger partial charge in [-0.15, -0.1) is 6.58 Å². The van der Waals surface area contributed by atoms with Gasteiger partial charge in [0.1, 0.15) is 17.8 Å². The summed E-state index contributed by atoms with van der Waals surface area (Å²) < 4.78 is 23.9. The summed E-state index contributed by atoms with van der Waals surface area (Å²) in [6.45, 7) is 7.82. The van der Waals surface area contributed by atoms with Crippen molar-refractivity contribution in [2.75, 3.05) is 0 Å². The second kappa shape index (κ2) is 6.76. The lowest BCUT2D eigenvalue weighted by Crippen LogP contribution is -2.51. The van der Waals surface area contributed by atoms with E-state index in [1.165, 1.54) is 0 Å². The highest BCUT2D eigenvalue weighted by Gasteiger charge is 2.64. The maximum absolute atomic E-state index is 11.6. The largest absolute Gasteiger partial charge is 0.364 e. The van der Waals surface area contributed by atoms with E-state index in [0.717, 1.165) is 11.8 Å². The molecule has 24 heavy (non-hydrogen) atoms. The Morgan fingerprint density at radius 1 is 1.25 bits per heavy atom. The van der Waals surface area contributed by atoms with Gasteiger partial charge in [-0.3, -0.25) is 0 Å². The Hall–Kier alpha value is -1.53. The molecule has 130 valence electrons. The number of aldehydes is 1. The van der Waals surface area contributed by atoms with E-state index in [9.17, 15) is 4.79 Å². The van der Waals surface area contributed by atoms with Crippen LogP contribution in [0.25, 0.3) is 0 Å². The van der Waals surface area contributed by atoms with Crippen molar-refractivity contribution in [3.05, 3.63) is 48.6 Å². The van der Waals surface area contributed by atoms with Gasteiger partial charge in [0.2, 0.25) is 0 Å². The lowest BCUT2D eigenvalue weighted by Gasteiger charge is -2.36. The average molecular weight is 332 g/mol. The third-order valence-corrected chi connectivity index (χ3v) is 4.52. The van der Waals surface area contributed by atoms with E-state index in [1.54, 1.807) is 0 Å². The Bertz CT molecular complexity index is 585. The van der Waals surface area contributed by atoms with Crippen LogP contribution in [0.1, 0.15) is 32.3 Å². The summed E-state index contributed by atoms with van der Waals surface area (Å²) in [5.74, 6) is -0.765. The van der Waals surface area contributed by atoms with Crippen LogP contribution in [0, 0.1) is 0 Å². The fourth-order valence-corrected chi connectivity index (χ4v) is 3.37. The predicted molar refractivity (Wildman–Crippen MR) is 88.2 cm³/mol. The summed E-state index contributed by atoms with van der Waals surface area (Å²) in [4.78, 5) is 11.6. The van der Waals surface area contributed by atoms with Crippen molar-refractivity contribution in [2.45, 2.75) is 63.2 Å². The molecule has 4 atom stereocenters. The van der Waals surface area contributed by atoms with Crippen LogP contribution in [-0.4, -0.2) is 36.2 Å². The van der Waals surface area contributed by atoms with Gasteiger partial charge in [0.05, 0.1) is 6.61 Å². The molecule has 0 bridgehead atoms. The molecule has 0 unspecified atom stereocenters. The molecular weight excluding hydrogens is 308 g/mol. The first-order valence-corrected chi connectivity index (χ1v) is 8.26. The second-order valence-electron chi connectivity index (χ2n) is 6.67. The zero-order valence-electron chi connectivity index (χ0n) is 14.1. The van der Waals surface area contributed by atoms with Crippen molar-refractivity contribution in [1.29, 1.82) is 0 Å². The zero-order valence-corrected chi connectivity index (χ0v) is 14.1. The topological polar surface area (TPSA) is 54.0 Å². The molecule has 0 amide bonds. The number of carbonyl (C=O) groups is 1. The quantitative estimate of drug-likeness (QED) is 0.567. The van der Waals surface area contributed by atoms with Crippen molar-refractivity contribution in [2.24, 2.45) is 0 Å². The number of carbonyl (C=O) groups excluding carboxylic acids is 1. The van der Waals surface area contributed by atoms with Gasteiger partial charge in [0.15, 0.2) is 18.4 Å². The summed E-state index contributed by atoms with van der Waals surface area (Å²) in [6, 6.07) is 9.84. The van der Waals surface area contributed by atoms with Gasteiger partial charge >= 0.3 is 0 Å². The van der Waals surface area contributed by atoms with Crippen molar-refractivity contribution in [3.8, 4) is 0 Å². The molecule has 2 heterocycles. The van der Waals surface area contributed by atoms with Gasteiger partial charge in [-0.2, -0.15) is 0 Å². The summed E-state index contributed by atoms with van der Waals surface area (Å²) >= 11 is 0. The smallest absolute Gasteiger partial charge is 0.191 e. The van der Waals surface area contributed by atoms with Crippen LogP contribution in [-0.2, 0) is 30.3 Å². The molecule has 2 aliphatic heterocycles. The normalized spacial score (nSPS) is 34.0. The molecule has 2 saturated heterocycles. The molecule has 0 saturated carbocycles. The minimum Gasteiger partial charge on any atom is -0.364 e. The highest BCUT2D eigenvalue weighted by molar-refractivity contribution is 5.60. The Kier molecular flexibility index (Phi) is 4.88. The van der Waals surface area contributed by atoms with E-state index in [-0.39, 0.29) is 0 Å². The first-order valence-electron chi connectivity index (χ1n) is 8.26. The molecule has 0 spiro atoms. The zero-order chi connectivity index (χ0) is 17.2. The number of allylic oxidation sites excluding steroid dienone is 1. The van der Waals surface area contributed by atoms with Crippen LogP contribution in [0.5, 0.6) is 0 Å². The number of rotatable bonds is 7. The maximum Gasteiger partial charge on any atom is 0.191 e. The number of benzene rings is 1. The molecule has 0 radical (unpaired) electrons. The Labute approximate surface area is 142 Å². The number of fused-ring (bicyclic) bond motifs is 1. The molecule has 0 aromatic heterocycles. The molecule has 2 fully saturated rings. The van der Waals surface area contributed by atoms with Gasteiger partial charge in [0.25, 0.3) is 0 Å². The van der Waals surface area contributed by atoms with E-state index >= 15 is 0 Å². The molecule has 2 aliphatic rings. The minimum absolute atomic E-state index is 0.374. The molecule has 1 aromatic carbocycles. The Balaban J connectivity index is 1.86. The van der Waals surface area contributed by atoms with Crippen LogP contribution in [0.15, 0.2) is 43.0 Å². The van der Waals surface area contributed by atoms with E-state index in [0.29, 0.717) is 19.4 Å². The Morgan fingerprint density at radius 2 is 2.00 bits per heavy atom. The fourth-order valence-electron chi connectivity index (χ4n) is 3.37. The molecule has 5 heteroatoms. The van der Waals surface area contributed by atoms with Gasteiger partial charge < -0.3 is 23.7 Å². The molecule has 5 nitrogen and oxygen atoms in total. The Morgan fingerprint density at radius 3 is 2.67 bits per heavy atom. The maximum atomic E-state index is 11.6. The van der Waals surface area contributed by atoms with Crippen LogP contribution in [0.2, 0.25) is 0 Å². The van der Waals surface area contributed by atoms with E-state index in [4.69, 9.17) is 18.9 Å². The van der Waals surface area contributed by atoms with E-state index in [1.807, 2.05) is 50.3 Å². The molecule has 1 aromatic rings. The fraction of sp³-hybridized carbons (Fsp3) is 0.526. The summed E-state index contributed by atoms with van der Waals surface area (Å²) in [7, 11) is 0. The summed E-state index contributed by atoms with van der Waals surface area (Å²) in [5.41, 5.74) is 0.145. The van der Waals surface area contributed by atoms with Crippen molar-refractivity contribution >= 4 is 6.29 Å². The van der Waals surface area contributed by atoms with Crippen molar-refractivity contribution in [1.82, 2.24) is 0 Å². The molecule has 0 aliphatic carbocycles. The average Bonchev–Trinajstić information content (AvgIpc) is 3.02. The van der Waals surface area contributed by atoms with Crippen molar-refractivity contribution in [3.63, 3.8) is 0 Å². The highest BCUT2D eigenvalue weighted by Crippen LogP contribution is 2.47. The van der Waals surface area contributed by atoms with Gasteiger partial charge in [0, 0.05) is 0 Å². The lowest BCUT2D eigenvalue weighted by molar-refractivity contribution is -0.235. The minimum atomic E-state index is -0.885. The third-order valence-electron chi connectivity index (χ3n) is 4.52. The third kappa shape index (κ3) is 3.17. The predicted octanol–water partition coefficient (Wildman–Crippen LogP) is 2.98. The van der Waals surface area contributed by atoms with E-state index in [2.05, 4.69) is 6.58 Å². The molecule has 3 rings (SSSR count). The summed E-state index contributed by atoms with van der Waals surface area (Å²) in [5, 5.41) is 0. The second-order valence-corrected chi connectivity index (χ2v) is 6.67. The molecule has 0 N–H and O–H groups in total. The van der Waals surface area contributed by atoms with Crippen LogP contribution in [0.4, 0.5) is 0 Å². The van der Waals surface area contributed by atoms with Crippen LogP contribution < -0.4 is 0 Å².